The van der Waals surface area contributed by atoms with Crippen molar-refractivity contribution in [2.75, 3.05) is 12.7 Å². The number of fused-ring (bicyclic) bond motifs is 5. The lowest BCUT2D eigenvalue weighted by molar-refractivity contribution is -0.171. The summed E-state index contributed by atoms with van der Waals surface area (Å²) in [5, 5.41) is 11.5. The maximum Gasteiger partial charge on any atom is 0.508 e. The van der Waals surface area contributed by atoms with Gasteiger partial charge in [-0.1, -0.05) is 37.1 Å². The molecule has 0 radical (unpaired) electrons. The van der Waals surface area contributed by atoms with Crippen LogP contribution in [0.5, 0.6) is 0 Å². The molecule has 176 valence electrons. The molecule has 0 aromatic carbocycles. The molecule has 0 saturated heterocycles. The molecule has 1 unspecified atom stereocenters. The molecule has 7 nitrogen and oxygen atoms in total. The van der Waals surface area contributed by atoms with E-state index in [4.69, 9.17) is 25.8 Å². The molecule has 32 heavy (non-hydrogen) atoms. The van der Waals surface area contributed by atoms with E-state index >= 15 is 0 Å². The smallest absolute Gasteiger partial charge is 0.449 e. The average molecular weight is 467 g/mol. The van der Waals surface area contributed by atoms with Crippen molar-refractivity contribution in [3.8, 4) is 0 Å². The van der Waals surface area contributed by atoms with Gasteiger partial charge in [0.15, 0.2) is 11.8 Å². The Morgan fingerprint density at radius 3 is 2.69 bits per heavy atom. The summed E-state index contributed by atoms with van der Waals surface area (Å²) < 4.78 is 16.0. The maximum absolute atomic E-state index is 12.7. The van der Waals surface area contributed by atoms with Crippen molar-refractivity contribution in [1.29, 1.82) is 0 Å². The first-order valence-electron chi connectivity index (χ1n) is 11.3. The fraction of sp³-hybridized carbons (Fsp3) is 0.708. The zero-order valence-electron chi connectivity index (χ0n) is 18.7. The fourth-order valence-corrected chi connectivity index (χ4v) is 7.30. The minimum absolute atomic E-state index is 0.0348. The third kappa shape index (κ3) is 3.58. The number of esters is 1. The van der Waals surface area contributed by atoms with Crippen LogP contribution in [0.3, 0.4) is 0 Å². The van der Waals surface area contributed by atoms with Crippen molar-refractivity contribution in [3.05, 3.63) is 23.8 Å². The maximum atomic E-state index is 12.7. The van der Waals surface area contributed by atoms with Crippen molar-refractivity contribution >= 4 is 29.5 Å². The molecule has 8 atom stereocenters. The second-order valence-electron chi connectivity index (χ2n) is 9.92. The van der Waals surface area contributed by atoms with Crippen LogP contribution in [0.25, 0.3) is 0 Å². The van der Waals surface area contributed by atoms with Gasteiger partial charge < -0.3 is 19.3 Å². The van der Waals surface area contributed by atoms with Crippen LogP contribution in [-0.4, -0.2) is 47.9 Å². The fourth-order valence-electron chi connectivity index (χ4n) is 7.20. The molecule has 0 aliphatic heterocycles. The summed E-state index contributed by atoms with van der Waals surface area (Å²) >= 11 is 5.65. The normalized spacial score (nSPS) is 42.3. The second-order valence-corrected chi connectivity index (χ2v) is 10.1. The quantitative estimate of drug-likeness (QED) is 0.497. The van der Waals surface area contributed by atoms with Gasteiger partial charge in [0.1, 0.15) is 6.10 Å². The van der Waals surface area contributed by atoms with E-state index in [1.807, 2.05) is 19.9 Å². The molecule has 0 amide bonds. The summed E-state index contributed by atoms with van der Waals surface area (Å²) in [6, 6.07) is -0.204. The zero-order chi connectivity index (χ0) is 23.3. The van der Waals surface area contributed by atoms with Crippen LogP contribution < -0.4 is 0 Å². The van der Waals surface area contributed by atoms with E-state index in [1.54, 1.807) is 19.1 Å². The summed E-state index contributed by atoms with van der Waals surface area (Å²) in [5.41, 5.74) is -0.173. The van der Waals surface area contributed by atoms with Gasteiger partial charge in [0.05, 0.1) is 18.6 Å². The third-order valence-electron chi connectivity index (χ3n) is 8.49. The Morgan fingerprint density at radius 1 is 1.25 bits per heavy atom. The number of hydrogen-bond donors (Lipinski definition) is 1. The Bertz CT molecular complexity index is 866. The Balaban J connectivity index is 1.75. The van der Waals surface area contributed by atoms with Gasteiger partial charge in [-0.05, 0) is 49.7 Å². The van der Waals surface area contributed by atoms with Crippen molar-refractivity contribution in [1.82, 2.24) is 0 Å². The van der Waals surface area contributed by atoms with E-state index in [0.29, 0.717) is 19.3 Å². The first kappa shape index (κ1) is 23.3. The highest BCUT2D eigenvalue weighted by Gasteiger charge is 2.65. The van der Waals surface area contributed by atoms with E-state index in [0.717, 1.165) is 12.0 Å². The molecule has 4 aliphatic rings. The van der Waals surface area contributed by atoms with E-state index < -0.39 is 29.2 Å². The lowest BCUT2D eigenvalue weighted by atomic mass is 9.46. The molecule has 0 spiro atoms. The number of carbonyl (C=O) groups excluding carboxylic acids is 3. The number of hydrogen-bond acceptors (Lipinski definition) is 7. The molecular formula is C24H31ClO7. The van der Waals surface area contributed by atoms with Crippen LogP contribution in [0.1, 0.15) is 46.5 Å². The Morgan fingerprint density at radius 2 is 2.00 bits per heavy atom. The van der Waals surface area contributed by atoms with Crippen LogP contribution in [-0.2, 0) is 23.8 Å². The minimum Gasteiger partial charge on any atom is -0.449 e. The Hall–Kier alpha value is -1.86. The predicted octanol–water partition coefficient (Wildman–Crippen LogP) is 3.77. The third-order valence-corrected chi connectivity index (χ3v) is 8.60. The molecule has 3 saturated carbocycles. The summed E-state index contributed by atoms with van der Waals surface area (Å²) in [5.74, 6) is -1.24. The van der Waals surface area contributed by atoms with Crippen LogP contribution >= 0.6 is 11.6 Å². The highest BCUT2D eigenvalue weighted by molar-refractivity contribution is 6.17. The largest absolute Gasteiger partial charge is 0.508 e. The number of alkyl halides is 1. The highest BCUT2D eigenvalue weighted by Crippen LogP contribution is 2.66. The lowest BCUT2D eigenvalue weighted by Crippen LogP contribution is -2.61. The molecule has 0 aromatic heterocycles. The van der Waals surface area contributed by atoms with E-state index in [-0.39, 0.29) is 48.1 Å². The number of aliphatic hydroxyl groups is 1. The highest BCUT2D eigenvalue weighted by atomic mass is 35.5. The van der Waals surface area contributed by atoms with Crippen LogP contribution in [0.2, 0.25) is 0 Å². The first-order valence-corrected chi connectivity index (χ1v) is 11.9. The average Bonchev–Trinajstić information content (AvgIpc) is 3.05. The monoisotopic (exact) mass is 466 g/mol. The molecular weight excluding hydrogens is 436 g/mol. The van der Waals surface area contributed by atoms with Crippen molar-refractivity contribution in [2.45, 2.75) is 58.7 Å². The van der Waals surface area contributed by atoms with Crippen molar-refractivity contribution < 1.29 is 33.7 Å². The number of rotatable bonds is 4. The number of allylic oxidation sites excluding steroid dienone is 3. The predicted molar refractivity (Wildman–Crippen MR) is 116 cm³/mol. The number of ketones is 1. The second kappa shape index (κ2) is 8.49. The Kier molecular flexibility index (Phi) is 6.18. The van der Waals surface area contributed by atoms with Gasteiger partial charge in [-0.25, -0.2) is 4.79 Å². The van der Waals surface area contributed by atoms with E-state index in [1.165, 1.54) is 0 Å². The first-order chi connectivity index (χ1) is 15.2. The van der Waals surface area contributed by atoms with Crippen molar-refractivity contribution in [3.63, 3.8) is 0 Å². The molecule has 8 heteroatoms. The van der Waals surface area contributed by atoms with Gasteiger partial charge >= 0.3 is 12.1 Å². The van der Waals surface area contributed by atoms with E-state index in [9.17, 15) is 19.5 Å². The summed E-state index contributed by atoms with van der Waals surface area (Å²) in [6.07, 6.45) is 5.21. The molecule has 0 heterocycles. The number of halogens is 1. The van der Waals surface area contributed by atoms with E-state index in [2.05, 4.69) is 0 Å². The van der Waals surface area contributed by atoms with Gasteiger partial charge in [-0.2, -0.15) is 0 Å². The Labute approximate surface area is 193 Å². The van der Waals surface area contributed by atoms with Gasteiger partial charge in [0.2, 0.25) is 0 Å². The van der Waals surface area contributed by atoms with Gasteiger partial charge in [0.25, 0.3) is 0 Å². The summed E-state index contributed by atoms with van der Waals surface area (Å²) in [4.78, 5) is 37.1. The summed E-state index contributed by atoms with van der Waals surface area (Å²) in [7, 11) is 0. The van der Waals surface area contributed by atoms with Crippen LogP contribution in [0.4, 0.5) is 4.79 Å². The minimum atomic E-state index is -0.754. The molecule has 0 bridgehead atoms. The van der Waals surface area contributed by atoms with Crippen LogP contribution in [0.15, 0.2) is 23.8 Å². The standard InChI is InChI=1S/C24H31ClO7/c1-4-30-22(29)32-18-10-13-9-14(26)7-8-23(13,2)20-17(27)11-24(3)15(19(18)20)5-6-16(24)21(28)31-12-25/h7-9,15-20,27H,4-6,10-12H2,1-3H3/t15-,16-,17-,18?,19+,20-,23-,24-/m0/s1. The SMILES string of the molecule is CCOC(=O)OC1CC2=CC(=O)C=C[C@]2(C)[C@@H]2[C@@H]1[C@@H]1CC[C@@H](C(=O)OCCl)[C@@]1(C)C[C@@H]2O. The van der Waals surface area contributed by atoms with Gasteiger partial charge in [-0.15, -0.1) is 0 Å². The van der Waals surface area contributed by atoms with Gasteiger partial charge in [0, 0.05) is 23.7 Å². The van der Waals surface area contributed by atoms with Gasteiger partial charge in [-0.3, -0.25) is 9.59 Å². The zero-order valence-corrected chi connectivity index (χ0v) is 19.5. The molecule has 4 aliphatic carbocycles. The molecule has 0 aromatic rings. The van der Waals surface area contributed by atoms with Crippen molar-refractivity contribution in [2.24, 2.45) is 34.5 Å². The number of aliphatic hydroxyl groups excluding tert-OH is 1. The van der Waals surface area contributed by atoms with Crippen LogP contribution in [0, 0.1) is 34.5 Å². The topological polar surface area (TPSA) is 99.1 Å². The number of carbonyl (C=O) groups is 3. The number of ether oxygens (including phenoxy) is 3. The lowest BCUT2D eigenvalue weighted by Gasteiger charge is -2.60. The molecule has 4 rings (SSSR count). The molecule has 1 N–H and O–H groups in total. The summed E-state index contributed by atoms with van der Waals surface area (Å²) in [6.45, 7) is 5.97. The molecule has 3 fully saturated rings.